The van der Waals surface area contributed by atoms with Crippen LogP contribution in [0.15, 0.2) is 30.3 Å². The Morgan fingerprint density at radius 1 is 1.32 bits per heavy atom. The Morgan fingerprint density at radius 3 is 2.47 bits per heavy atom. The summed E-state index contributed by atoms with van der Waals surface area (Å²) in [7, 11) is 1.50. The smallest absolute Gasteiger partial charge is 0.410 e. The number of rotatable bonds is 6. The average molecular weight is 306 g/mol. The van der Waals surface area contributed by atoms with Crippen LogP contribution in [-0.2, 0) is 20.4 Å². The van der Waals surface area contributed by atoms with Gasteiger partial charge in [0.25, 0.3) is 0 Å². The summed E-state index contributed by atoms with van der Waals surface area (Å²) in [5, 5.41) is 0. The van der Waals surface area contributed by atoms with Crippen LogP contribution in [0.4, 0.5) is 4.79 Å². The number of carbonyl (C=O) groups is 1. The second-order valence-electron chi connectivity index (χ2n) is 3.86. The molecule has 0 saturated carbocycles. The van der Waals surface area contributed by atoms with Crippen LogP contribution < -0.4 is 0 Å². The van der Waals surface area contributed by atoms with Crippen molar-refractivity contribution in [1.82, 2.24) is 4.90 Å². The lowest BCUT2D eigenvalue weighted by atomic mass is 10.2. The second-order valence-corrected chi connectivity index (χ2v) is 6.76. The number of amides is 1. The minimum atomic E-state index is -3.61. The number of nitrogens with zero attached hydrogens (tertiary/aromatic N) is 1. The third kappa shape index (κ3) is 6.45. The quantitative estimate of drug-likeness (QED) is 0.756. The van der Waals surface area contributed by atoms with Crippen molar-refractivity contribution in [3.05, 3.63) is 35.9 Å². The number of halogens is 1. The molecular formula is C12H16ClNO4S. The van der Waals surface area contributed by atoms with Gasteiger partial charge < -0.3 is 9.64 Å². The van der Waals surface area contributed by atoms with Crippen molar-refractivity contribution < 1.29 is 17.9 Å². The number of carbonyl (C=O) groups excluding carboxylic acids is 1. The van der Waals surface area contributed by atoms with Gasteiger partial charge in [0.05, 0.1) is 5.75 Å². The molecule has 0 spiro atoms. The van der Waals surface area contributed by atoms with E-state index in [-0.39, 0.29) is 18.9 Å². The highest BCUT2D eigenvalue weighted by atomic mass is 35.7. The molecule has 1 rings (SSSR count). The van der Waals surface area contributed by atoms with E-state index in [0.717, 1.165) is 5.56 Å². The molecule has 0 aromatic heterocycles. The molecule has 0 N–H and O–H groups in total. The van der Waals surface area contributed by atoms with Gasteiger partial charge in [-0.3, -0.25) is 0 Å². The number of hydrogen-bond donors (Lipinski definition) is 0. The van der Waals surface area contributed by atoms with Gasteiger partial charge in [0.1, 0.15) is 6.61 Å². The Labute approximate surface area is 117 Å². The second kappa shape index (κ2) is 7.35. The predicted molar refractivity (Wildman–Crippen MR) is 73.5 cm³/mol. The average Bonchev–Trinajstić information content (AvgIpc) is 2.37. The Balaban J connectivity index is 2.46. The van der Waals surface area contributed by atoms with E-state index in [1.54, 1.807) is 6.92 Å². The molecule has 5 nitrogen and oxygen atoms in total. The van der Waals surface area contributed by atoms with Gasteiger partial charge in [-0.25, -0.2) is 13.2 Å². The fraction of sp³-hybridized carbons (Fsp3) is 0.417. The Kier molecular flexibility index (Phi) is 6.11. The molecule has 0 atom stereocenters. The molecule has 0 aliphatic carbocycles. The molecule has 1 amide bonds. The topological polar surface area (TPSA) is 63.7 Å². The first-order valence-electron chi connectivity index (χ1n) is 5.80. The van der Waals surface area contributed by atoms with Crippen LogP contribution in [0.5, 0.6) is 0 Å². The van der Waals surface area contributed by atoms with Gasteiger partial charge >= 0.3 is 6.09 Å². The molecule has 0 bridgehead atoms. The van der Waals surface area contributed by atoms with Crippen LogP contribution in [0.2, 0.25) is 0 Å². The largest absolute Gasteiger partial charge is 0.445 e. The molecule has 7 heteroatoms. The lowest BCUT2D eigenvalue weighted by Gasteiger charge is -2.19. The molecule has 19 heavy (non-hydrogen) atoms. The van der Waals surface area contributed by atoms with Gasteiger partial charge in [0, 0.05) is 23.8 Å². The van der Waals surface area contributed by atoms with Gasteiger partial charge in [-0.1, -0.05) is 30.3 Å². The first kappa shape index (κ1) is 15.8. The molecule has 0 fully saturated rings. The number of hydrogen-bond acceptors (Lipinski definition) is 4. The van der Waals surface area contributed by atoms with Gasteiger partial charge in [0.15, 0.2) is 0 Å². The van der Waals surface area contributed by atoms with E-state index in [2.05, 4.69) is 0 Å². The van der Waals surface area contributed by atoms with Crippen molar-refractivity contribution in [2.45, 2.75) is 13.5 Å². The molecule has 0 aliphatic rings. The molecule has 1 aromatic carbocycles. The summed E-state index contributed by atoms with van der Waals surface area (Å²) in [5.41, 5.74) is 0.872. The summed E-state index contributed by atoms with van der Waals surface area (Å²) in [6.07, 6.45) is -0.549. The summed E-state index contributed by atoms with van der Waals surface area (Å²) in [5.74, 6) is -0.289. The third-order valence-corrected chi connectivity index (χ3v) is 3.58. The Morgan fingerprint density at radius 2 is 1.95 bits per heavy atom. The zero-order valence-corrected chi connectivity index (χ0v) is 12.2. The van der Waals surface area contributed by atoms with Crippen molar-refractivity contribution in [3.8, 4) is 0 Å². The van der Waals surface area contributed by atoms with Crippen molar-refractivity contribution in [2.75, 3.05) is 18.8 Å². The fourth-order valence-electron chi connectivity index (χ4n) is 1.41. The molecule has 0 unspecified atom stereocenters. The van der Waals surface area contributed by atoms with Crippen molar-refractivity contribution in [1.29, 1.82) is 0 Å². The minimum absolute atomic E-state index is 0.0238. The SMILES string of the molecule is CCN(CCS(=O)(=O)Cl)C(=O)OCc1ccccc1. The standard InChI is InChI=1S/C12H16ClNO4S/c1-2-14(8-9-19(13,16)17)12(15)18-10-11-6-4-3-5-7-11/h3-7H,2,8-10H2,1H3. The van der Waals surface area contributed by atoms with Gasteiger partial charge in [0.2, 0.25) is 9.05 Å². The lowest BCUT2D eigenvalue weighted by Crippen LogP contribution is -2.34. The van der Waals surface area contributed by atoms with Crippen LogP contribution in [-0.4, -0.2) is 38.3 Å². The van der Waals surface area contributed by atoms with Crippen LogP contribution in [0.25, 0.3) is 0 Å². The fourth-order valence-corrected chi connectivity index (χ4v) is 2.05. The number of ether oxygens (including phenoxy) is 1. The van der Waals surface area contributed by atoms with E-state index in [1.807, 2.05) is 30.3 Å². The highest BCUT2D eigenvalue weighted by Gasteiger charge is 2.16. The van der Waals surface area contributed by atoms with Crippen LogP contribution in [0, 0.1) is 0 Å². The third-order valence-electron chi connectivity index (χ3n) is 2.45. The minimum Gasteiger partial charge on any atom is -0.445 e. The maximum absolute atomic E-state index is 11.7. The van der Waals surface area contributed by atoms with Crippen LogP contribution in [0.3, 0.4) is 0 Å². The zero-order chi connectivity index (χ0) is 14.3. The molecular weight excluding hydrogens is 290 g/mol. The van der Waals surface area contributed by atoms with E-state index in [4.69, 9.17) is 15.4 Å². The monoisotopic (exact) mass is 305 g/mol. The molecule has 106 valence electrons. The van der Waals surface area contributed by atoms with Crippen molar-refractivity contribution >= 4 is 25.8 Å². The lowest BCUT2D eigenvalue weighted by molar-refractivity contribution is 0.100. The normalized spacial score (nSPS) is 11.1. The van der Waals surface area contributed by atoms with E-state index in [0.29, 0.717) is 6.54 Å². The molecule has 0 aliphatic heterocycles. The highest BCUT2D eigenvalue weighted by Crippen LogP contribution is 2.04. The zero-order valence-electron chi connectivity index (χ0n) is 10.6. The van der Waals surface area contributed by atoms with Crippen molar-refractivity contribution in [3.63, 3.8) is 0 Å². The summed E-state index contributed by atoms with van der Waals surface area (Å²) in [6.45, 7) is 2.28. The first-order chi connectivity index (χ1) is 8.92. The van der Waals surface area contributed by atoms with Gasteiger partial charge in [-0.15, -0.1) is 0 Å². The van der Waals surface area contributed by atoms with E-state index >= 15 is 0 Å². The van der Waals surface area contributed by atoms with Crippen molar-refractivity contribution in [2.24, 2.45) is 0 Å². The molecule has 1 aromatic rings. The first-order valence-corrected chi connectivity index (χ1v) is 8.28. The number of benzene rings is 1. The molecule has 0 saturated heterocycles. The summed E-state index contributed by atoms with van der Waals surface area (Å²) >= 11 is 0. The molecule has 0 heterocycles. The molecule has 0 radical (unpaired) electrons. The predicted octanol–water partition coefficient (Wildman–Crippen LogP) is 2.21. The highest BCUT2D eigenvalue weighted by molar-refractivity contribution is 8.13. The maximum Gasteiger partial charge on any atom is 0.410 e. The van der Waals surface area contributed by atoms with Crippen LogP contribution in [0.1, 0.15) is 12.5 Å². The van der Waals surface area contributed by atoms with E-state index in [1.165, 1.54) is 4.90 Å². The maximum atomic E-state index is 11.7. The summed E-state index contributed by atoms with van der Waals surface area (Å²) in [6, 6.07) is 9.25. The van der Waals surface area contributed by atoms with Gasteiger partial charge in [-0.2, -0.15) is 0 Å². The Hall–Kier alpha value is -1.27. The van der Waals surface area contributed by atoms with Gasteiger partial charge in [-0.05, 0) is 12.5 Å². The van der Waals surface area contributed by atoms with E-state index < -0.39 is 15.1 Å². The summed E-state index contributed by atoms with van der Waals surface area (Å²) in [4.78, 5) is 13.0. The summed E-state index contributed by atoms with van der Waals surface area (Å²) < 4.78 is 26.8. The van der Waals surface area contributed by atoms with Crippen LogP contribution >= 0.6 is 10.7 Å². The van der Waals surface area contributed by atoms with E-state index in [9.17, 15) is 13.2 Å². The Bertz CT molecular complexity index is 504.